The lowest BCUT2D eigenvalue weighted by atomic mass is 10.1. The predicted molar refractivity (Wildman–Crippen MR) is 84.5 cm³/mol. The van der Waals surface area contributed by atoms with Crippen LogP contribution < -0.4 is 15.4 Å². The Balaban J connectivity index is 1.93. The third-order valence-corrected chi connectivity index (χ3v) is 4.40. The third kappa shape index (κ3) is 3.44. The molecule has 1 aliphatic heterocycles. The summed E-state index contributed by atoms with van der Waals surface area (Å²) in [6.07, 6.45) is 1.04. The van der Waals surface area contributed by atoms with Crippen LogP contribution in [0, 0.1) is 0 Å². The number of nitrogens with two attached hydrogens (primary N) is 1. The average molecular weight is 277 g/mol. The van der Waals surface area contributed by atoms with E-state index in [2.05, 4.69) is 41.8 Å². The fraction of sp³-hybridized carbons (Fsp3) is 0.625. The molecule has 0 aromatic heterocycles. The standard InChI is InChI=1S/C16H27N3O/c1-4-16(17)13(2)18-8-10-19(11-9-18)14-6-5-7-15(12-14)20-3/h5-7,12-13,16H,4,8-11,17H2,1-3H3. The van der Waals surface area contributed by atoms with E-state index < -0.39 is 0 Å². The first-order chi connectivity index (χ1) is 9.65. The maximum Gasteiger partial charge on any atom is 0.120 e. The molecule has 0 aliphatic carbocycles. The summed E-state index contributed by atoms with van der Waals surface area (Å²) >= 11 is 0. The fourth-order valence-corrected chi connectivity index (χ4v) is 2.81. The number of methoxy groups -OCH3 is 1. The van der Waals surface area contributed by atoms with Crippen molar-refractivity contribution in [1.29, 1.82) is 0 Å². The van der Waals surface area contributed by atoms with Gasteiger partial charge < -0.3 is 15.4 Å². The third-order valence-electron chi connectivity index (χ3n) is 4.40. The van der Waals surface area contributed by atoms with Crippen molar-refractivity contribution >= 4 is 5.69 Å². The first-order valence-electron chi connectivity index (χ1n) is 7.54. The Morgan fingerprint density at radius 1 is 1.25 bits per heavy atom. The molecular formula is C16H27N3O. The number of anilines is 1. The van der Waals surface area contributed by atoms with Gasteiger partial charge in [-0.25, -0.2) is 0 Å². The summed E-state index contributed by atoms with van der Waals surface area (Å²) < 4.78 is 5.30. The Hall–Kier alpha value is -1.26. The normalized spacial score (nSPS) is 19.7. The Labute approximate surface area is 122 Å². The Kier molecular flexibility index (Phi) is 5.26. The summed E-state index contributed by atoms with van der Waals surface area (Å²) in [4.78, 5) is 4.92. The van der Waals surface area contributed by atoms with Crippen LogP contribution in [0.3, 0.4) is 0 Å². The van der Waals surface area contributed by atoms with Gasteiger partial charge >= 0.3 is 0 Å². The molecule has 0 spiro atoms. The lowest BCUT2D eigenvalue weighted by Gasteiger charge is -2.40. The zero-order valence-corrected chi connectivity index (χ0v) is 12.9. The van der Waals surface area contributed by atoms with Gasteiger partial charge in [-0.1, -0.05) is 13.0 Å². The summed E-state index contributed by atoms with van der Waals surface area (Å²) in [7, 11) is 1.71. The highest BCUT2D eigenvalue weighted by atomic mass is 16.5. The number of ether oxygens (including phenoxy) is 1. The average Bonchev–Trinajstić information content (AvgIpc) is 2.53. The van der Waals surface area contributed by atoms with Crippen molar-refractivity contribution in [2.24, 2.45) is 5.73 Å². The summed E-state index contributed by atoms with van der Waals surface area (Å²) in [5.41, 5.74) is 7.41. The molecule has 4 nitrogen and oxygen atoms in total. The second kappa shape index (κ2) is 6.95. The molecule has 1 aliphatic rings. The maximum atomic E-state index is 6.16. The minimum atomic E-state index is 0.276. The van der Waals surface area contributed by atoms with Crippen molar-refractivity contribution in [3.05, 3.63) is 24.3 Å². The molecule has 20 heavy (non-hydrogen) atoms. The second-order valence-electron chi connectivity index (χ2n) is 5.54. The molecule has 1 heterocycles. The summed E-state index contributed by atoms with van der Waals surface area (Å²) in [6, 6.07) is 9.04. The Bertz CT molecular complexity index is 416. The zero-order chi connectivity index (χ0) is 14.5. The van der Waals surface area contributed by atoms with Crippen molar-refractivity contribution in [3.8, 4) is 5.75 Å². The SMILES string of the molecule is CCC(N)C(C)N1CCN(c2cccc(OC)c2)CC1. The van der Waals surface area contributed by atoms with Gasteiger partial charge in [-0.05, 0) is 25.5 Å². The summed E-state index contributed by atoms with van der Waals surface area (Å²) in [6.45, 7) is 8.66. The molecule has 2 atom stereocenters. The molecular weight excluding hydrogens is 250 g/mol. The molecule has 0 saturated carbocycles. The van der Waals surface area contributed by atoms with Gasteiger partial charge in [0.1, 0.15) is 5.75 Å². The van der Waals surface area contributed by atoms with Crippen LogP contribution in [-0.4, -0.2) is 50.3 Å². The lowest BCUT2D eigenvalue weighted by Crippen LogP contribution is -2.54. The smallest absolute Gasteiger partial charge is 0.120 e. The highest BCUT2D eigenvalue weighted by Gasteiger charge is 2.24. The highest BCUT2D eigenvalue weighted by molar-refractivity contribution is 5.51. The number of benzene rings is 1. The maximum absolute atomic E-state index is 6.16. The molecule has 1 aromatic carbocycles. The molecule has 2 N–H and O–H groups in total. The van der Waals surface area contributed by atoms with Crippen LogP contribution in [0.4, 0.5) is 5.69 Å². The highest BCUT2D eigenvalue weighted by Crippen LogP contribution is 2.22. The van der Waals surface area contributed by atoms with Crippen molar-refractivity contribution in [1.82, 2.24) is 4.90 Å². The number of piperazine rings is 1. The Morgan fingerprint density at radius 3 is 2.55 bits per heavy atom. The van der Waals surface area contributed by atoms with E-state index in [0.717, 1.165) is 38.3 Å². The number of rotatable bonds is 5. The van der Waals surface area contributed by atoms with E-state index >= 15 is 0 Å². The van der Waals surface area contributed by atoms with Crippen LogP contribution in [0.25, 0.3) is 0 Å². The molecule has 112 valence electrons. The van der Waals surface area contributed by atoms with Crippen molar-refractivity contribution in [3.63, 3.8) is 0 Å². The largest absolute Gasteiger partial charge is 0.497 e. The van der Waals surface area contributed by atoms with E-state index in [1.54, 1.807) is 7.11 Å². The summed E-state index contributed by atoms with van der Waals surface area (Å²) in [5.74, 6) is 0.923. The molecule has 2 unspecified atom stereocenters. The molecule has 1 fully saturated rings. The molecule has 0 amide bonds. The van der Waals surface area contributed by atoms with Gasteiger partial charge in [-0.15, -0.1) is 0 Å². The van der Waals surface area contributed by atoms with Crippen LogP contribution in [0.2, 0.25) is 0 Å². The van der Waals surface area contributed by atoms with Crippen LogP contribution in [-0.2, 0) is 0 Å². The van der Waals surface area contributed by atoms with Crippen LogP contribution in [0.5, 0.6) is 5.75 Å². The topological polar surface area (TPSA) is 41.7 Å². The summed E-state index contributed by atoms with van der Waals surface area (Å²) in [5, 5.41) is 0. The van der Waals surface area contributed by atoms with Crippen LogP contribution in [0.1, 0.15) is 20.3 Å². The van der Waals surface area contributed by atoms with E-state index in [9.17, 15) is 0 Å². The minimum Gasteiger partial charge on any atom is -0.497 e. The number of nitrogens with zero attached hydrogens (tertiary/aromatic N) is 2. The lowest BCUT2D eigenvalue weighted by molar-refractivity contribution is 0.172. The van der Waals surface area contributed by atoms with Gasteiger partial charge in [0.05, 0.1) is 7.11 Å². The molecule has 0 bridgehead atoms. The number of hydrogen-bond donors (Lipinski definition) is 1. The van der Waals surface area contributed by atoms with Crippen molar-refractivity contribution in [2.75, 3.05) is 38.2 Å². The van der Waals surface area contributed by atoms with Crippen molar-refractivity contribution < 1.29 is 4.74 Å². The van der Waals surface area contributed by atoms with Gasteiger partial charge in [0.25, 0.3) is 0 Å². The zero-order valence-electron chi connectivity index (χ0n) is 12.9. The van der Waals surface area contributed by atoms with E-state index in [1.807, 2.05) is 6.07 Å². The van der Waals surface area contributed by atoms with Gasteiger partial charge in [-0.2, -0.15) is 0 Å². The van der Waals surface area contributed by atoms with Gasteiger partial charge in [0.2, 0.25) is 0 Å². The minimum absolute atomic E-state index is 0.276. The number of hydrogen-bond acceptors (Lipinski definition) is 4. The molecule has 1 aromatic rings. The molecule has 1 saturated heterocycles. The van der Waals surface area contributed by atoms with Gasteiger partial charge in [0.15, 0.2) is 0 Å². The Morgan fingerprint density at radius 2 is 1.95 bits per heavy atom. The van der Waals surface area contributed by atoms with Crippen molar-refractivity contribution in [2.45, 2.75) is 32.4 Å². The van der Waals surface area contributed by atoms with Gasteiger partial charge in [-0.3, -0.25) is 4.90 Å². The first kappa shape index (κ1) is 15.1. The van der Waals surface area contributed by atoms with E-state index in [1.165, 1.54) is 5.69 Å². The first-order valence-corrected chi connectivity index (χ1v) is 7.54. The monoisotopic (exact) mass is 277 g/mol. The quantitative estimate of drug-likeness (QED) is 0.893. The second-order valence-corrected chi connectivity index (χ2v) is 5.54. The predicted octanol–water partition coefficient (Wildman–Crippen LogP) is 1.94. The van der Waals surface area contributed by atoms with Gasteiger partial charge in [0, 0.05) is 50.0 Å². The van der Waals surface area contributed by atoms with E-state index in [-0.39, 0.29) is 6.04 Å². The molecule has 4 heteroatoms. The van der Waals surface area contributed by atoms with E-state index in [0.29, 0.717) is 6.04 Å². The molecule has 0 radical (unpaired) electrons. The van der Waals surface area contributed by atoms with Crippen LogP contribution >= 0.6 is 0 Å². The van der Waals surface area contributed by atoms with E-state index in [4.69, 9.17) is 10.5 Å². The van der Waals surface area contributed by atoms with Crippen LogP contribution in [0.15, 0.2) is 24.3 Å². The molecule has 2 rings (SSSR count). The fourth-order valence-electron chi connectivity index (χ4n) is 2.81.